The number of rotatable bonds is 4. The first-order chi connectivity index (χ1) is 10.5. The number of hydrogen-bond acceptors (Lipinski definition) is 6. The van der Waals surface area contributed by atoms with E-state index in [1.54, 1.807) is 0 Å². The predicted octanol–water partition coefficient (Wildman–Crippen LogP) is 3.33. The molecule has 0 aliphatic carbocycles. The fraction of sp³-hybridized carbons (Fsp3) is 0.833. The van der Waals surface area contributed by atoms with E-state index in [1.807, 2.05) is 4.90 Å². The number of nitrogens with zero attached hydrogens (tertiary/aromatic N) is 6. The molecular formula is C12H22Cl3N6P. The molecule has 0 spiro atoms. The van der Waals surface area contributed by atoms with Gasteiger partial charge in [-0.3, -0.25) is 4.90 Å². The standard InChI is InChI=1S/C12H22Cl3N6P/c1-3-20(4-2)11-16-12(18-22(14,15)17-11)21-9-7-19(6-5-13)8-10-21/h3-10H2,1-2H3. The highest BCUT2D eigenvalue weighted by Crippen LogP contribution is 2.63. The first-order valence-electron chi connectivity index (χ1n) is 7.47. The van der Waals surface area contributed by atoms with Crippen LogP contribution in [0.1, 0.15) is 13.8 Å². The molecule has 0 radical (unpaired) electrons. The Bertz CT molecular complexity index is 491. The fourth-order valence-electron chi connectivity index (χ4n) is 2.44. The largest absolute Gasteiger partial charge is 0.341 e. The smallest absolute Gasteiger partial charge is 0.259 e. The van der Waals surface area contributed by atoms with E-state index in [0.29, 0.717) is 17.8 Å². The molecule has 10 heteroatoms. The van der Waals surface area contributed by atoms with Crippen LogP contribution in [0.3, 0.4) is 0 Å². The highest BCUT2D eigenvalue weighted by molar-refractivity contribution is 8.09. The van der Waals surface area contributed by atoms with Crippen LogP contribution >= 0.6 is 40.0 Å². The first-order valence-corrected chi connectivity index (χ1v) is 11.5. The summed E-state index contributed by atoms with van der Waals surface area (Å²) in [6.45, 7) is 10.2. The van der Waals surface area contributed by atoms with Gasteiger partial charge in [-0.05, 0) is 36.3 Å². The molecule has 22 heavy (non-hydrogen) atoms. The van der Waals surface area contributed by atoms with Crippen molar-refractivity contribution < 1.29 is 0 Å². The Hall–Kier alpha value is -0.000000000000000111. The minimum atomic E-state index is -2.72. The van der Waals surface area contributed by atoms with Crippen LogP contribution in [0.2, 0.25) is 0 Å². The lowest BCUT2D eigenvalue weighted by Gasteiger charge is -2.36. The lowest BCUT2D eigenvalue weighted by atomic mass is 10.3. The Morgan fingerprint density at radius 2 is 1.77 bits per heavy atom. The second-order valence-electron chi connectivity index (χ2n) is 5.06. The molecule has 2 rings (SSSR count). The second-order valence-corrected chi connectivity index (χ2v) is 10.1. The molecule has 0 aromatic heterocycles. The monoisotopic (exact) mass is 386 g/mol. The second kappa shape index (κ2) is 8.20. The van der Waals surface area contributed by atoms with Gasteiger partial charge in [0.25, 0.3) is 5.91 Å². The molecule has 0 saturated carbocycles. The van der Waals surface area contributed by atoms with Gasteiger partial charge in [0.2, 0.25) is 11.9 Å². The maximum atomic E-state index is 6.28. The lowest BCUT2D eigenvalue weighted by molar-refractivity contribution is 0.190. The van der Waals surface area contributed by atoms with E-state index in [1.165, 1.54) is 0 Å². The molecule has 1 saturated heterocycles. The van der Waals surface area contributed by atoms with Gasteiger partial charge in [0.15, 0.2) is 0 Å². The average Bonchev–Trinajstić information content (AvgIpc) is 2.48. The lowest BCUT2D eigenvalue weighted by Crippen LogP contribution is -2.49. The molecule has 126 valence electrons. The van der Waals surface area contributed by atoms with E-state index in [-0.39, 0.29) is 0 Å². The van der Waals surface area contributed by atoms with Gasteiger partial charge in [0.05, 0.1) is 0 Å². The quantitative estimate of drug-likeness (QED) is 0.549. The van der Waals surface area contributed by atoms with Crippen molar-refractivity contribution in [1.82, 2.24) is 14.7 Å². The SMILES string of the molecule is CCN(CC)C1=NC(N2CCN(CCCl)CC2)=NP(Cl)(Cl)=N1. The number of piperazine rings is 1. The number of halogens is 3. The molecule has 6 nitrogen and oxygen atoms in total. The van der Waals surface area contributed by atoms with Crippen molar-refractivity contribution in [3.63, 3.8) is 0 Å². The van der Waals surface area contributed by atoms with Crippen LogP contribution in [0, 0.1) is 0 Å². The van der Waals surface area contributed by atoms with Gasteiger partial charge >= 0.3 is 0 Å². The summed E-state index contributed by atoms with van der Waals surface area (Å²) in [7, 11) is 0. The molecule has 0 amide bonds. The Balaban J connectivity index is 2.14. The average molecular weight is 388 g/mol. The summed E-state index contributed by atoms with van der Waals surface area (Å²) in [6.07, 6.45) is 0. The van der Waals surface area contributed by atoms with E-state index in [0.717, 1.165) is 45.8 Å². The van der Waals surface area contributed by atoms with Crippen molar-refractivity contribution in [2.75, 3.05) is 51.7 Å². The van der Waals surface area contributed by atoms with Crippen molar-refractivity contribution in [2.24, 2.45) is 14.5 Å². The topological polar surface area (TPSA) is 46.8 Å². The highest BCUT2D eigenvalue weighted by Gasteiger charge is 2.27. The highest BCUT2D eigenvalue weighted by atomic mass is 35.9. The normalized spacial score (nSPS) is 22.0. The third-order valence-corrected chi connectivity index (χ3v) is 5.64. The molecule has 2 aliphatic rings. The van der Waals surface area contributed by atoms with Gasteiger partial charge in [-0.15, -0.1) is 11.6 Å². The summed E-state index contributed by atoms with van der Waals surface area (Å²) in [4.78, 5) is 11.1. The predicted molar refractivity (Wildman–Crippen MR) is 97.6 cm³/mol. The van der Waals surface area contributed by atoms with Crippen LogP contribution in [0.4, 0.5) is 0 Å². The molecule has 0 bridgehead atoms. The zero-order valence-electron chi connectivity index (χ0n) is 12.9. The summed E-state index contributed by atoms with van der Waals surface area (Å²) in [5.74, 6) is -0.855. The van der Waals surface area contributed by atoms with Crippen molar-refractivity contribution in [3.8, 4) is 0 Å². The molecule has 2 heterocycles. The van der Waals surface area contributed by atoms with Gasteiger partial charge in [-0.2, -0.15) is 14.5 Å². The Morgan fingerprint density at radius 3 is 2.32 bits per heavy atom. The van der Waals surface area contributed by atoms with Crippen LogP contribution < -0.4 is 0 Å². The molecule has 0 aromatic rings. The minimum Gasteiger partial charge on any atom is -0.341 e. The Labute approximate surface area is 146 Å². The van der Waals surface area contributed by atoms with Crippen LogP contribution in [0.25, 0.3) is 0 Å². The summed E-state index contributed by atoms with van der Waals surface area (Å²) in [5, 5.41) is 0. The van der Waals surface area contributed by atoms with E-state index >= 15 is 0 Å². The van der Waals surface area contributed by atoms with Gasteiger partial charge in [0, 0.05) is 51.7 Å². The van der Waals surface area contributed by atoms with Crippen molar-refractivity contribution in [2.45, 2.75) is 13.8 Å². The van der Waals surface area contributed by atoms with E-state index in [4.69, 9.17) is 34.1 Å². The van der Waals surface area contributed by atoms with Crippen LogP contribution in [0.15, 0.2) is 14.5 Å². The number of aliphatic imine (C=N–C) groups is 1. The first kappa shape index (κ1) is 18.3. The summed E-state index contributed by atoms with van der Waals surface area (Å²) < 4.78 is 8.69. The fourth-order valence-corrected chi connectivity index (χ4v) is 4.31. The van der Waals surface area contributed by atoms with Gasteiger partial charge < -0.3 is 9.80 Å². The molecule has 0 N–H and O–H groups in total. The van der Waals surface area contributed by atoms with Gasteiger partial charge in [0.1, 0.15) is 0 Å². The summed E-state index contributed by atoms with van der Waals surface area (Å²) in [6, 6.07) is 0. The van der Waals surface area contributed by atoms with Crippen LogP contribution in [-0.2, 0) is 0 Å². The van der Waals surface area contributed by atoms with Crippen LogP contribution in [-0.4, -0.2) is 78.3 Å². The van der Waals surface area contributed by atoms with Crippen molar-refractivity contribution in [3.05, 3.63) is 0 Å². The number of hydrogen-bond donors (Lipinski definition) is 0. The van der Waals surface area contributed by atoms with E-state index < -0.39 is 5.91 Å². The maximum absolute atomic E-state index is 6.28. The van der Waals surface area contributed by atoms with E-state index in [2.05, 4.69) is 38.1 Å². The third-order valence-electron chi connectivity index (χ3n) is 3.72. The molecule has 1 fully saturated rings. The zero-order chi connectivity index (χ0) is 16.2. The summed E-state index contributed by atoms with van der Waals surface area (Å²) in [5.41, 5.74) is 0. The zero-order valence-corrected chi connectivity index (χ0v) is 16.1. The van der Waals surface area contributed by atoms with Crippen molar-refractivity contribution >= 4 is 51.9 Å². The van der Waals surface area contributed by atoms with Gasteiger partial charge in [-0.25, -0.2) is 0 Å². The van der Waals surface area contributed by atoms with Crippen LogP contribution in [0.5, 0.6) is 0 Å². The number of guanidine groups is 2. The molecular weight excluding hydrogens is 366 g/mol. The van der Waals surface area contributed by atoms with E-state index in [9.17, 15) is 0 Å². The Kier molecular flexibility index (Phi) is 6.84. The van der Waals surface area contributed by atoms with Crippen molar-refractivity contribution in [1.29, 1.82) is 0 Å². The Morgan fingerprint density at radius 1 is 1.14 bits per heavy atom. The minimum absolute atomic E-state index is 0.594. The molecule has 2 aliphatic heterocycles. The molecule has 0 unspecified atom stereocenters. The third kappa shape index (κ3) is 4.75. The van der Waals surface area contributed by atoms with Gasteiger partial charge in [-0.1, -0.05) is 0 Å². The molecule has 0 atom stereocenters. The molecule has 0 aromatic carbocycles. The maximum Gasteiger partial charge on any atom is 0.259 e. The summed E-state index contributed by atoms with van der Waals surface area (Å²) >= 11 is 18.3. The number of alkyl halides is 1.